The number of nitriles is 1. The van der Waals surface area contributed by atoms with Crippen LogP contribution in [0, 0.1) is 11.3 Å². The van der Waals surface area contributed by atoms with Gasteiger partial charge in [-0.1, -0.05) is 11.3 Å². The fourth-order valence-corrected chi connectivity index (χ4v) is 3.43. The Balaban J connectivity index is 1.71. The molecule has 2 heterocycles. The lowest BCUT2D eigenvalue weighted by atomic mass is 9.98. The van der Waals surface area contributed by atoms with Crippen LogP contribution in [-0.4, -0.2) is 68.4 Å². The lowest BCUT2D eigenvalue weighted by Gasteiger charge is -2.40. The summed E-state index contributed by atoms with van der Waals surface area (Å²) in [4.78, 5) is 16.9. The van der Waals surface area contributed by atoms with Crippen LogP contribution in [0.2, 0.25) is 0 Å². The number of nitrogens with one attached hydrogen (secondary N) is 1. The van der Waals surface area contributed by atoms with E-state index in [1.165, 1.54) is 6.20 Å². The minimum Gasteiger partial charge on any atom is -0.394 e. The molecule has 1 saturated heterocycles. The zero-order valence-electron chi connectivity index (χ0n) is 13.9. The molecule has 10 heteroatoms. The predicted octanol–water partition coefficient (Wildman–Crippen LogP) is -0.542. The largest absolute Gasteiger partial charge is 0.394 e. The van der Waals surface area contributed by atoms with Crippen LogP contribution >= 0.6 is 11.3 Å². The molecule has 5 N–H and O–H groups in total. The Bertz CT molecular complexity index is 847. The Morgan fingerprint density at radius 3 is 2.56 bits per heavy atom. The van der Waals surface area contributed by atoms with E-state index in [-0.39, 0.29) is 10.9 Å². The van der Waals surface area contributed by atoms with Crippen LogP contribution in [0.1, 0.15) is 20.8 Å². The second-order valence-corrected chi connectivity index (χ2v) is 6.97. The highest BCUT2D eigenvalue weighted by atomic mass is 32.1. The number of ether oxygens (including phenoxy) is 1. The molecule has 5 atom stereocenters. The molecule has 0 bridgehead atoms. The summed E-state index contributed by atoms with van der Waals surface area (Å²) >= 11 is 1.02. The maximum absolute atomic E-state index is 12.5. The van der Waals surface area contributed by atoms with Crippen molar-refractivity contribution in [3.8, 4) is 6.07 Å². The summed E-state index contributed by atoms with van der Waals surface area (Å²) in [6.07, 6.45) is -5.21. The molecule has 0 radical (unpaired) electrons. The van der Waals surface area contributed by atoms with Crippen LogP contribution in [0.3, 0.4) is 0 Å². The first kappa shape index (κ1) is 19.4. The predicted molar refractivity (Wildman–Crippen MR) is 94.1 cm³/mol. The maximum Gasteiger partial charge on any atom is 0.204 e. The van der Waals surface area contributed by atoms with Crippen molar-refractivity contribution in [1.82, 2.24) is 4.98 Å². The van der Waals surface area contributed by atoms with Gasteiger partial charge in [0.2, 0.25) is 5.78 Å². The number of benzene rings is 1. The van der Waals surface area contributed by atoms with Crippen LogP contribution in [-0.2, 0) is 4.74 Å². The molecular weight excluding hydrogens is 374 g/mol. The van der Waals surface area contributed by atoms with Gasteiger partial charge in [-0.25, -0.2) is 4.98 Å². The zero-order valence-corrected chi connectivity index (χ0v) is 14.7. The van der Waals surface area contributed by atoms with Crippen LogP contribution in [0.15, 0.2) is 30.5 Å². The van der Waals surface area contributed by atoms with Crippen LogP contribution in [0.25, 0.3) is 0 Å². The van der Waals surface area contributed by atoms with Crippen LogP contribution in [0.4, 0.5) is 5.13 Å². The highest BCUT2D eigenvalue weighted by molar-refractivity contribution is 7.17. The number of nitrogens with zero attached hydrogens (tertiary/aromatic N) is 2. The van der Waals surface area contributed by atoms with Gasteiger partial charge in [-0.3, -0.25) is 4.79 Å². The van der Waals surface area contributed by atoms with E-state index in [0.717, 1.165) is 11.3 Å². The number of anilines is 1. The van der Waals surface area contributed by atoms with Gasteiger partial charge in [0.1, 0.15) is 24.4 Å². The first-order valence-corrected chi connectivity index (χ1v) is 8.84. The van der Waals surface area contributed by atoms with Crippen molar-refractivity contribution in [2.24, 2.45) is 0 Å². The van der Waals surface area contributed by atoms with E-state index in [0.29, 0.717) is 16.0 Å². The molecule has 1 aromatic carbocycles. The summed E-state index contributed by atoms with van der Waals surface area (Å²) in [6, 6.07) is 8.16. The number of aromatic nitrogens is 1. The summed E-state index contributed by atoms with van der Waals surface area (Å²) in [5.74, 6) is -0.279. The van der Waals surface area contributed by atoms with Gasteiger partial charge in [-0.05, 0) is 24.3 Å². The third kappa shape index (κ3) is 3.98. The molecule has 4 unspecified atom stereocenters. The standard InChI is InChI=1S/C17H17N3O6S/c18-5-8-1-3-9(4-2-8)12(22)11-6-19-17(27-11)20-16-15(25)14(24)13(23)10(7-21)26-16/h1-4,6,10,13-16,21,23-25H,7H2,(H,19,20)/t10?,13?,14?,15-,16?/m0/s1. The second-order valence-electron chi connectivity index (χ2n) is 5.94. The lowest BCUT2D eigenvalue weighted by Crippen LogP contribution is -2.60. The molecule has 0 aliphatic carbocycles. The Morgan fingerprint density at radius 2 is 1.93 bits per heavy atom. The summed E-state index contributed by atoms with van der Waals surface area (Å²) < 4.78 is 5.34. The number of hydrogen-bond acceptors (Lipinski definition) is 10. The van der Waals surface area contributed by atoms with Crippen molar-refractivity contribution in [2.75, 3.05) is 11.9 Å². The van der Waals surface area contributed by atoms with Crippen molar-refractivity contribution in [3.05, 3.63) is 46.5 Å². The summed E-state index contributed by atoms with van der Waals surface area (Å²) in [6.45, 7) is -0.538. The maximum atomic E-state index is 12.5. The van der Waals surface area contributed by atoms with E-state index in [1.54, 1.807) is 24.3 Å². The van der Waals surface area contributed by atoms with Gasteiger partial charge in [0.25, 0.3) is 0 Å². The molecule has 1 aromatic heterocycles. The Labute approximate surface area is 158 Å². The molecule has 142 valence electrons. The number of hydrogen-bond donors (Lipinski definition) is 5. The number of aliphatic hydroxyl groups is 4. The SMILES string of the molecule is N#Cc1ccc(C(=O)c2cnc(NC3OC(CO)C(O)C(O)[C@@H]3O)s2)cc1. The van der Waals surface area contributed by atoms with Crippen molar-refractivity contribution in [1.29, 1.82) is 5.26 Å². The van der Waals surface area contributed by atoms with Gasteiger partial charge in [0.05, 0.1) is 29.3 Å². The molecule has 2 aromatic rings. The normalized spacial score (nSPS) is 27.7. The average molecular weight is 391 g/mol. The molecule has 1 fully saturated rings. The van der Waals surface area contributed by atoms with Gasteiger partial charge in [-0.2, -0.15) is 5.26 Å². The second kappa shape index (κ2) is 8.10. The smallest absolute Gasteiger partial charge is 0.204 e. The number of ketones is 1. The van der Waals surface area contributed by atoms with Crippen molar-refractivity contribution < 1.29 is 30.0 Å². The molecule has 1 aliphatic rings. The Hall–Kier alpha value is -2.39. The van der Waals surface area contributed by atoms with E-state index in [1.807, 2.05) is 6.07 Å². The van der Waals surface area contributed by atoms with E-state index >= 15 is 0 Å². The van der Waals surface area contributed by atoms with E-state index in [9.17, 15) is 25.2 Å². The quantitative estimate of drug-likeness (QED) is 0.422. The number of rotatable bonds is 5. The summed E-state index contributed by atoms with van der Waals surface area (Å²) in [7, 11) is 0. The average Bonchev–Trinajstić information content (AvgIpc) is 3.16. The zero-order chi connectivity index (χ0) is 19.6. The van der Waals surface area contributed by atoms with Crippen molar-refractivity contribution in [3.63, 3.8) is 0 Å². The van der Waals surface area contributed by atoms with Gasteiger partial charge >= 0.3 is 0 Å². The first-order valence-electron chi connectivity index (χ1n) is 8.02. The molecule has 27 heavy (non-hydrogen) atoms. The minimum atomic E-state index is -1.51. The molecule has 1 aliphatic heterocycles. The Kier molecular flexibility index (Phi) is 5.81. The monoisotopic (exact) mass is 391 g/mol. The fraction of sp³-hybridized carbons (Fsp3) is 0.353. The molecule has 3 rings (SSSR count). The summed E-state index contributed by atoms with van der Waals surface area (Å²) in [5.41, 5.74) is 0.845. The highest BCUT2D eigenvalue weighted by Crippen LogP contribution is 2.26. The molecule has 9 nitrogen and oxygen atoms in total. The van der Waals surface area contributed by atoms with Crippen LogP contribution < -0.4 is 5.32 Å². The minimum absolute atomic E-state index is 0.260. The van der Waals surface area contributed by atoms with Gasteiger partial charge in [-0.15, -0.1) is 0 Å². The summed E-state index contributed by atoms with van der Waals surface area (Å²) in [5, 5.41) is 50.6. The first-order chi connectivity index (χ1) is 12.9. The van der Waals surface area contributed by atoms with E-state index < -0.39 is 37.3 Å². The number of thiazole rings is 1. The van der Waals surface area contributed by atoms with Gasteiger partial charge < -0.3 is 30.5 Å². The number of aliphatic hydroxyl groups excluding tert-OH is 4. The molecule has 0 spiro atoms. The van der Waals surface area contributed by atoms with E-state index in [4.69, 9.17) is 10.00 Å². The number of carbonyl (C=O) groups is 1. The van der Waals surface area contributed by atoms with E-state index in [2.05, 4.69) is 10.3 Å². The molecule has 0 amide bonds. The van der Waals surface area contributed by atoms with Gasteiger partial charge in [0.15, 0.2) is 11.4 Å². The lowest BCUT2D eigenvalue weighted by molar-refractivity contribution is -0.221. The third-order valence-electron chi connectivity index (χ3n) is 4.16. The third-order valence-corrected chi connectivity index (χ3v) is 5.09. The topological polar surface area (TPSA) is 156 Å². The van der Waals surface area contributed by atoms with Crippen LogP contribution in [0.5, 0.6) is 0 Å². The van der Waals surface area contributed by atoms with Crippen molar-refractivity contribution in [2.45, 2.75) is 30.6 Å². The Morgan fingerprint density at radius 1 is 1.22 bits per heavy atom. The molecular formula is C17H17N3O6S. The molecule has 0 saturated carbocycles. The van der Waals surface area contributed by atoms with Gasteiger partial charge in [0, 0.05) is 5.56 Å². The highest BCUT2D eigenvalue weighted by Gasteiger charge is 2.43. The number of carbonyl (C=O) groups excluding carboxylic acids is 1. The van der Waals surface area contributed by atoms with Crippen molar-refractivity contribution >= 4 is 22.3 Å². The fourth-order valence-electron chi connectivity index (χ4n) is 2.63.